The van der Waals surface area contributed by atoms with Crippen LogP contribution in [-0.4, -0.2) is 19.0 Å². The zero-order valence-electron chi connectivity index (χ0n) is 12.1. The fourth-order valence-corrected chi connectivity index (χ4v) is 2.23. The SMILES string of the molecule is O=C(CCNc1ccc(F)cc1)NCCc1cccc(Cl)c1. The van der Waals surface area contributed by atoms with Crippen molar-refractivity contribution in [2.75, 3.05) is 18.4 Å². The standard InChI is InChI=1S/C17H18ClFN2O/c18-14-3-1-2-13(12-14)8-10-21-17(22)9-11-20-16-6-4-15(19)5-7-16/h1-7,12,20H,8-11H2,(H,21,22). The summed E-state index contributed by atoms with van der Waals surface area (Å²) in [5.74, 6) is -0.291. The van der Waals surface area contributed by atoms with Crippen LogP contribution < -0.4 is 10.6 Å². The third-order valence-electron chi connectivity index (χ3n) is 3.15. The maximum Gasteiger partial charge on any atom is 0.221 e. The molecule has 3 nitrogen and oxygen atoms in total. The van der Waals surface area contributed by atoms with Gasteiger partial charge in [0.2, 0.25) is 5.91 Å². The molecule has 1 amide bonds. The quantitative estimate of drug-likeness (QED) is 0.817. The Balaban J connectivity index is 1.62. The minimum absolute atomic E-state index is 0.0170. The molecule has 0 unspecified atom stereocenters. The van der Waals surface area contributed by atoms with Crippen LogP contribution in [0.1, 0.15) is 12.0 Å². The molecule has 0 fully saturated rings. The van der Waals surface area contributed by atoms with Crippen molar-refractivity contribution in [3.63, 3.8) is 0 Å². The van der Waals surface area contributed by atoms with Crippen LogP contribution in [0.25, 0.3) is 0 Å². The van der Waals surface area contributed by atoms with Gasteiger partial charge in [0.05, 0.1) is 0 Å². The van der Waals surface area contributed by atoms with Crippen molar-refractivity contribution < 1.29 is 9.18 Å². The van der Waals surface area contributed by atoms with Gasteiger partial charge in [0.15, 0.2) is 0 Å². The van der Waals surface area contributed by atoms with Gasteiger partial charge in [0, 0.05) is 30.2 Å². The second kappa shape index (κ2) is 8.39. The van der Waals surface area contributed by atoms with Gasteiger partial charge in [-0.15, -0.1) is 0 Å². The van der Waals surface area contributed by atoms with Crippen molar-refractivity contribution in [1.82, 2.24) is 5.32 Å². The number of carbonyl (C=O) groups excluding carboxylic acids is 1. The zero-order valence-corrected chi connectivity index (χ0v) is 12.9. The Morgan fingerprint density at radius 1 is 1.09 bits per heavy atom. The smallest absolute Gasteiger partial charge is 0.221 e. The molecule has 0 radical (unpaired) electrons. The van der Waals surface area contributed by atoms with Crippen molar-refractivity contribution in [2.45, 2.75) is 12.8 Å². The first-order valence-corrected chi connectivity index (χ1v) is 7.52. The predicted octanol–water partition coefficient (Wildman–Crippen LogP) is 3.64. The van der Waals surface area contributed by atoms with Crippen LogP contribution in [0.4, 0.5) is 10.1 Å². The van der Waals surface area contributed by atoms with E-state index in [4.69, 9.17) is 11.6 Å². The van der Waals surface area contributed by atoms with Gasteiger partial charge >= 0.3 is 0 Å². The summed E-state index contributed by atoms with van der Waals surface area (Å²) in [6.07, 6.45) is 1.12. The number of hydrogen-bond acceptors (Lipinski definition) is 2. The van der Waals surface area contributed by atoms with E-state index in [1.165, 1.54) is 12.1 Å². The van der Waals surface area contributed by atoms with Crippen molar-refractivity contribution in [3.8, 4) is 0 Å². The molecule has 0 heterocycles. The first-order valence-electron chi connectivity index (χ1n) is 7.14. The van der Waals surface area contributed by atoms with Crippen molar-refractivity contribution in [2.24, 2.45) is 0 Å². The van der Waals surface area contributed by atoms with E-state index < -0.39 is 0 Å². The van der Waals surface area contributed by atoms with Gasteiger partial charge in [-0.25, -0.2) is 4.39 Å². The molecule has 0 bridgehead atoms. The third kappa shape index (κ3) is 5.74. The highest BCUT2D eigenvalue weighted by atomic mass is 35.5. The molecule has 0 aromatic heterocycles. The third-order valence-corrected chi connectivity index (χ3v) is 3.39. The van der Waals surface area contributed by atoms with Crippen LogP contribution in [0.5, 0.6) is 0 Å². The van der Waals surface area contributed by atoms with Gasteiger partial charge in [-0.3, -0.25) is 4.79 Å². The Morgan fingerprint density at radius 3 is 2.59 bits per heavy atom. The molecule has 0 saturated heterocycles. The van der Waals surface area contributed by atoms with E-state index in [1.54, 1.807) is 12.1 Å². The Labute approximate surface area is 134 Å². The molecule has 0 aliphatic heterocycles. The van der Waals surface area contributed by atoms with Crippen LogP contribution in [-0.2, 0) is 11.2 Å². The topological polar surface area (TPSA) is 41.1 Å². The Hall–Kier alpha value is -2.07. The fraction of sp³-hybridized carbons (Fsp3) is 0.235. The van der Waals surface area contributed by atoms with Gasteiger partial charge in [0.1, 0.15) is 5.82 Å². The van der Waals surface area contributed by atoms with E-state index in [2.05, 4.69) is 10.6 Å². The summed E-state index contributed by atoms with van der Waals surface area (Å²) in [6, 6.07) is 13.6. The minimum Gasteiger partial charge on any atom is -0.385 e. The summed E-state index contributed by atoms with van der Waals surface area (Å²) in [5.41, 5.74) is 1.89. The summed E-state index contributed by atoms with van der Waals surface area (Å²) in [4.78, 5) is 11.7. The predicted molar refractivity (Wildman–Crippen MR) is 87.7 cm³/mol. The van der Waals surface area contributed by atoms with Gasteiger partial charge < -0.3 is 10.6 Å². The molecule has 2 aromatic rings. The lowest BCUT2D eigenvalue weighted by molar-refractivity contribution is -0.120. The monoisotopic (exact) mass is 320 g/mol. The molecule has 0 atom stereocenters. The Morgan fingerprint density at radius 2 is 1.86 bits per heavy atom. The summed E-state index contributed by atoms with van der Waals surface area (Å²) in [7, 11) is 0. The second-order valence-corrected chi connectivity index (χ2v) is 5.35. The number of benzene rings is 2. The lowest BCUT2D eigenvalue weighted by Crippen LogP contribution is -2.27. The van der Waals surface area contributed by atoms with E-state index >= 15 is 0 Å². The van der Waals surface area contributed by atoms with Crippen LogP contribution >= 0.6 is 11.6 Å². The zero-order chi connectivity index (χ0) is 15.8. The van der Waals surface area contributed by atoms with Crippen molar-refractivity contribution >= 4 is 23.2 Å². The molecule has 116 valence electrons. The first-order chi connectivity index (χ1) is 10.6. The molecule has 5 heteroatoms. The summed E-state index contributed by atoms with van der Waals surface area (Å²) in [5, 5.41) is 6.64. The van der Waals surface area contributed by atoms with Gasteiger partial charge in [-0.05, 0) is 48.4 Å². The summed E-state index contributed by atoms with van der Waals surface area (Å²) in [6.45, 7) is 1.09. The second-order valence-electron chi connectivity index (χ2n) is 4.91. The maximum atomic E-state index is 12.7. The molecule has 0 aliphatic carbocycles. The fourth-order valence-electron chi connectivity index (χ4n) is 2.02. The van der Waals surface area contributed by atoms with E-state index in [-0.39, 0.29) is 11.7 Å². The number of rotatable bonds is 7. The molecule has 0 aliphatic rings. The largest absolute Gasteiger partial charge is 0.385 e. The van der Waals surface area contributed by atoms with Crippen molar-refractivity contribution in [1.29, 1.82) is 0 Å². The van der Waals surface area contributed by atoms with Crippen LogP contribution in [0, 0.1) is 5.82 Å². The summed E-state index contributed by atoms with van der Waals surface area (Å²) >= 11 is 5.90. The molecular formula is C17H18ClFN2O. The van der Waals surface area contributed by atoms with Crippen LogP contribution in [0.15, 0.2) is 48.5 Å². The normalized spacial score (nSPS) is 10.3. The van der Waals surface area contributed by atoms with Gasteiger partial charge in [-0.2, -0.15) is 0 Å². The van der Waals surface area contributed by atoms with Crippen molar-refractivity contribution in [3.05, 3.63) is 64.9 Å². The number of anilines is 1. The molecule has 2 rings (SSSR count). The summed E-state index contributed by atoms with van der Waals surface area (Å²) < 4.78 is 12.7. The number of carbonyl (C=O) groups is 1. The van der Waals surface area contributed by atoms with Crippen LogP contribution in [0.3, 0.4) is 0 Å². The lowest BCUT2D eigenvalue weighted by atomic mass is 10.1. The molecule has 22 heavy (non-hydrogen) atoms. The van der Waals surface area contributed by atoms with Gasteiger partial charge in [-0.1, -0.05) is 23.7 Å². The number of amides is 1. The number of halogens is 2. The van der Waals surface area contributed by atoms with Gasteiger partial charge in [0.25, 0.3) is 0 Å². The highest BCUT2D eigenvalue weighted by Crippen LogP contribution is 2.10. The molecular weight excluding hydrogens is 303 g/mol. The number of hydrogen-bond donors (Lipinski definition) is 2. The van der Waals surface area contributed by atoms with E-state index in [1.807, 2.05) is 24.3 Å². The van der Waals surface area contributed by atoms with Crippen LogP contribution in [0.2, 0.25) is 5.02 Å². The number of nitrogens with one attached hydrogen (secondary N) is 2. The average molecular weight is 321 g/mol. The molecule has 0 saturated carbocycles. The Kier molecular flexibility index (Phi) is 6.22. The first kappa shape index (κ1) is 16.3. The highest BCUT2D eigenvalue weighted by molar-refractivity contribution is 6.30. The minimum atomic E-state index is -0.274. The highest BCUT2D eigenvalue weighted by Gasteiger charge is 2.01. The lowest BCUT2D eigenvalue weighted by Gasteiger charge is -2.08. The van der Waals surface area contributed by atoms with E-state index in [0.717, 1.165) is 17.7 Å². The van der Waals surface area contributed by atoms with E-state index in [0.29, 0.717) is 24.5 Å². The Bertz CT molecular complexity index is 616. The average Bonchev–Trinajstić information content (AvgIpc) is 2.49. The molecule has 2 N–H and O–H groups in total. The maximum absolute atomic E-state index is 12.7. The molecule has 2 aromatic carbocycles. The van der Waals surface area contributed by atoms with E-state index in [9.17, 15) is 9.18 Å². The molecule has 0 spiro atoms.